The second-order valence-corrected chi connectivity index (χ2v) is 3.92. The minimum Gasteiger partial charge on any atom is -0.465 e. The molecule has 0 fully saturated rings. The number of thiol groups is 2. The summed E-state index contributed by atoms with van der Waals surface area (Å²) in [6.45, 7) is 3.74. The summed E-state index contributed by atoms with van der Waals surface area (Å²) >= 11 is 7.84. The summed E-state index contributed by atoms with van der Waals surface area (Å²) in [4.78, 5) is 22.6. The molecule has 0 bridgehead atoms. The van der Waals surface area contributed by atoms with Gasteiger partial charge in [-0.05, 0) is 13.8 Å². The third kappa shape index (κ3) is 4.23. The van der Waals surface area contributed by atoms with E-state index in [1.54, 1.807) is 13.8 Å². The van der Waals surface area contributed by atoms with Gasteiger partial charge in [0.1, 0.15) is 0 Å². The van der Waals surface area contributed by atoms with Crippen molar-refractivity contribution < 1.29 is 19.1 Å². The molecule has 0 aromatic rings. The summed E-state index contributed by atoms with van der Waals surface area (Å²) in [5.74, 6) is -2.37. The van der Waals surface area contributed by atoms with Crippen molar-refractivity contribution in [2.75, 3.05) is 13.2 Å². The number of carbonyl (C=O) groups is 2. The van der Waals surface area contributed by atoms with Gasteiger partial charge in [0.05, 0.1) is 17.8 Å². The fourth-order valence-electron chi connectivity index (χ4n) is 0.804. The topological polar surface area (TPSA) is 52.6 Å². The Labute approximate surface area is 94.2 Å². The van der Waals surface area contributed by atoms with Crippen LogP contribution in [0.1, 0.15) is 13.8 Å². The molecule has 0 aliphatic heterocycles. The highest BCUT2D eigenvalue weighted by Crippen LogP contribution is 2.17. The first-order valence-electron chi connectivity index (χ1n) is 4.24. The van der Waals surface area contributed by atoms with Crippen LogP contribution >= 0.6 is 25.3 Å². The van der Waals surface area contributed by atoms with E-state index < -0.39 is 22.4 Å². The van der Waals surface area contributed by atoms with Crippen LogP contribution in [0.5, 0.6) is 0 Å². The van der Waals surface area contributed by atoms with Crippen molar-refractivity contribution >= 4 is 37.2 Å². The lowest BCUT2D eigenvalue weighted by Gasteiger charge is -2.15. The van der Waals surface area contributed by atoms with Gasteiger partial charge in [0.2, 0.25) is 0 Å². The van der Waals surface area contributed by atoms with Gasteiger partial charge in [-0.2, -0.15) is 25.3 Å². The Balaban J connectivity index is 4.42. The van der Waals surface area contributed by atoms with Crippen molar-refractivity contribution in [1.29, 1.82) is 0 Å². The van der Waals surface area contributed by atoms with Gasteiger partial charge >= 0.3 is 11.9 Å². The second-order valence-electron chi connectivity index (χ2n) is 2.40. The van der Waals surface area contributed by atoms with Crippen LogP contribution in [0.4, 0.5) is 0 Å². The first kappa shape index (κ1) is 13.6. The first-order chi connectivity index (χ1) is 6.54. The molecule has 0 heterocycles. The average Bonchev–Trinajstić information content (AvgIpc) is 2.04. The molecule has 0 N–H and O–H groups in total. The maximum absolute atomic E-state index is 11.3. The van der Waals surface area contributed by atoms with Crippen molar-refractivity contribution in [1.82, 2.24) is 0 Å². The smallest absolute Gasteiger partial charge is 0.322 e. The minimum absolute atomic E-state index is 0.211. The molecule has 0 atom stereocenters. The van der Waals surface area contributed by atoms with Gasteiger partial charge in [-0.15, -0.1) is 0 Å². The summed E-state index contributed by atoms with van der Waals surface area (Å²) in [5, 5.41) is 0. The number of carbonyl (C=O) groups excluding carboxylic acids is 2. The van der Waals surface area contributed by atoms with Gasteiger partial charge in [0, 0.05) is 0 Å². The van der Waals surface area contributed by atoms with E-state index in [2.05, 4.69) is 25.3 Å². The van der Waals surface area contributed by atoms with Crippen LogP contribution in [-0.2, 0) is 19.1 Å². The van der Waals surface area contributed by atoms with Crippen LogP contribution < -0.4 is 0 Å². The molecule has 0 radical (unpaired) electrons. The zero-order valence-electron chi connectivity index (χ0n) is 8.10. The normalized spacial score (nSPS) is 10.4. The van der Waals surface area contributed by atoms with Crippen molar-refractivity contribution in [2.45, 2.75) is 18.4 Å². The zero-order chi connectivity index (χ0) is 11.1. The van der Waals surface area contributed by atoms with E-state index in [-0.39, 0.29) is 13.2 Å². The summed E-state index contributed by atoms with van der Waals surface area (Å²) in [6.07, 6.45) is 0. The van der Waals surface area contributed by atoms with Gasteiger partial charge in [0.25, 0.3) is 0 Å². The lowest BCUT2D eigenvalue weighted by Crippen LogP contribution is -2.33. The number of hydrogen-bond acceptors (Lipinski definition) is 6. The van der Waals surface area contributed by atoms with E-state index in [0.29, 0.717) is 0 Å². The van der Waals surface area contributed by atoms with Crippen LogP contribution in [-0.4, -0.2) is 29.7 Å². The van der Waals surface area contributed by atoms with E-state index in [1.807, 2.05) is 0 Å². The van der Waals surface area contributed by atoms with Crippen LogP contribution in [0.15, 0.2) is 0 Å². The molecule has 0 saturated carbocycles. The number of rotatable bonds is 5. The molecule has 0 aliphatic carbocycles. The average molecular weight is 238 g/mol. The predicted octanol–water partition coefficient (Wildman–Crippen LogP) is 0.914. The van der Waals surface area contributed by atoms with E-state index in [4.69, 9.17) is 9.47 Å². The van der Waals surface area contributed by atoms with Crippen molar-refractivity contribution in [3.05, 3.63) is 0 Å². The van der Waals surface area contributed by atoms with E-state index in [1.165, 1.54) is 0 Å². The molecular weight excluding hydrogens is 224 g/mol. The molecule has 0 amide bonds. The van der Waals surface area contributed by atoms with Crippen molar-refractivity contribution in [3.8, 4) is 0 Å². The first-order valence-corrected chi connectivity index (χ1v) is 5.27. The Bertz CT molecular complexity index is 188. The quantitative estimate of drug-likeness (QED) is 0.323. The lowest BCUT2D eigenvalue weighted by molar-refractivity contribution is -0.160. The molecule has 6 heteroatoms. The Kier molecular flexibility index (Phi) is 6.82. The van der Waals surface area contributed by atoms with Crippen LogP contribution in [0.2, 0.25) is 0 Å². The molecule has 0 rings (SSSR count). The molecule has 0 aromatic carbocycles. The molecule has 0 unspecified atom stereocenters. The number of ether oxygens (including phenoxy) is 2. The van der Waals surface area contributed by atoms with E-state index in [9.17, 15) is 9.59 Å². The molecular formula is C8H14O4S2. The Morgan fingerprint density at radius 2 is 1.43 bits per heavy atom. The van der Waals surface area contributed by atoms with Gasteiger partial charge < -0.3 is 9.47 Å². The molecule has 0 aromatic heterocycles. The molecule has 0 saturated heterocycles. The fourth-order valence-corrected chi connectivity index (χ4v) is 1.29. The Morgan fingerprint density at radius 3 is 1.64 bits per heavy atom. The van der Waals surface area contributed by atoms with Crippen LogP contribution in [0, 0.1) is 5.92 Å². The van der Waals surface area contributed by atoms with Crippen LogP contribution in [0.25, 0.3) is 0 Å². The van der Waals surface area contributed by atoms with E-state index >= 15 is 0 Å². The molecule has 14 heavy (non-hydrogen) atoms. The summed E-state index contributed by atoms with van der Waals surface area (Å²) in [5.41, 5.74) is 0. The standard InChI is InChI=1S/C8H14O4S2/c1-3-11-6(9)5(8(13)14)7(10)12-4-2/h5,8,13-14H,3-4H2,1-2H3. The predicted molar refractivity (Wildman–Crippen MR) is 58.5 cm³/mol. The summed E-state index contributed by atoms with van der Waals surface area (Å²) in [7, 11) is 0. The number of esters is 2. The third-order valence-electron chi connectivity index (χ3n) is 1.38. The highest BCUT2D eigenvalue weighted by molar-refractivity contribution is 7.99. The summed E-state index contributed by atoms with van der Waals surface area (Å²) in [6, 6.07) is 0. The van der Waals surface area contributed by atoms with Gasteiger partial charge in [0.15, 0.2) is 5.92 Å². The van der Waals surface area contributed by atoms with Gasteiger partial charge in [-0.25, -0.2) is 0 Å². The van der Waals surface area contributed by atoms with E-state index in [0.717, 1.165) is 0 Å². The SMILES string of the molecule is CCOC(=O)C(C(=O)OCC)C(S)S. The van der Waals surface area contributed by atoms with Crippen LogP contribution in [0.3, 0.4) is 0 Å². The molecule has 0 spiro atoms. The second kappa shape index (κ2) is 7.00. The highest BCUT2D eigenvalue weighted by Gasteiger charge is 2.33. The molecule has 82 valence electrons. The zero-order valence-corrected chi connectivity index (χ0v) is 9.89. The monoisotopic (exact) mass is 238 g/mol. The molecule has 0 aliphatic rings. The van der Waals surface area contributed by atoms with Gasteiger partial charge in [-0.3, -0.25) is 9.59 Å². The maximum atomic E-state index is 11.3. The Hall–Kier alpha value is -0.360. The fraction of sp³-hybridized carbons (Fsp3) is 0.750. The number of hydrogen-bond donors (Lipinski definition) is 2. The van der Waals surface area contributed by atoms with Crippen molar-refractivity contribution in [2.24, 2.45) is 5.92 Å². The van der Waals surface area contributed by atoms with Gasteiger partial charge in [-0.1, -0.05) is 0 Å². The van der Waals surface area contributed by atoms with Crippen molar-refractivity contribution in [3.63, 3.8) is 0 Å². The largest absolute Gasteiger partial charge is 0.465 e. The highest BCUT2D eigenvalue weighted by atomic mass is 32.2. The lowest BCUT2D eigenvalue weighted by atomic mass is 10.2. The summed E-state index contributed by atoms with van der Waals surface area (Å²) < 4.78 is 8.68. The molecule has 4 nitrogen and oxygen atoms in total. The minimum atomic E-state index is -1.07. The third-order valence-corrected chi connectivity index (χ3v) is 1.98. The maximum Gasteiger partial charge on any atom is 0.322 e. The Morgan fingerprint density at radius 1 is 1.07 bits per heavy atom.